The number of amides is 1. The van der Waals surface area contributed by atoms with Crippen LogP contribution >= 0.6 is 11.3 Å². The van der Waals surface area contributed by atoms with E-state index in [9.17, 15) is 4.79 Å². The number of para-hydroxylation sites is 1. The molecule has 0 aliphatic carbocycles. The van der Waals surface area contributed by atoms with Gasteiger partial charge in [0.1, 0.15) is 11.7 Å². The van der Waals surface area contributed by atoms with Crippen molar-refractivity contribution in [1.29, 1.82) is 0 Å². The zero-order chi connectivity index (χ0) is 17.1. The Balaban J connectivity index is 1.88. The van der Waals surface area contributed by atoms with Gasteiger partial charge in [-0.1, -0.05) is 29.5 Å². The van der Waals surface area contributed by atoms with Crippen LogP contribution in [0.5, 0.6) is 0 Å². The zero-order valence-corrected chi connectivity index (χ0v) is 14.8. The second-order valence-electron chi connectivity index (χ2n) is 5.63. The lowest BCUT2D eigenvalue weighted by atomic mass is 10.3. The number of nitrogens with one attached hydrogen (secondary N) is 1. The second kappa shape index (κ2) is 6.84. The number of aryl methyl sites for hydroxylation is 1. The van der Waals surface area contributed by atoms with Gasteiger partial charge in [0.25, 0.3) is 5.01 Å². The van der Waals surface area contributed by atoms with E-state index in [1.54, 1.807) is 11.3 Å². The van der Waals surface area contributed by atoms with Crippen molar-refractivity contribution in [2.75, 3.05) is 17.3 Å². The first-order valence-corrected chi connectivity index (χ1v) is 8.52. The van der Waals surface area contributed by atoms with Crippen molar-refractivity contribution in [1.82, 2.24) is 0 Å². The van der Waals surface area contributed by atoms with Gasteiger partial charge in [-0.2, -0.15) is 4.57 Å². The maximum absolute atomic E-state index is 11.2. The maximum atomic E-state index is 11.2. The van der Waals surface area contributed by atoms with Crippen LogP contribution in [-0.2, 0) is 11.8 Å². The van der Waals surface area contributed by atoms with Crippen LogP contribution in [0.4, 0.5) is 11.4 Å². The van der Waals surface area contributed by atoms with E-state index in [0.717, 1.165) is 26.6 Å². The molecule has 1 amide bonds. The highest BCUT2D eigenvalue weighted by molar-refractivity contribution is 7.18. The minimum atomic E-state index is -0.0557. The number of carbonyl (C=O) groups excluding carboxylic acids is 1. The van der Waals surface area contributed by atoms with Gasteiger partial charge in [0.2, 0.25) is 11.4 Å². The third kappa shape index (κ3) is 3.46. The monoisotopic (exact) mass is 338 g/mol. The predicted molar refractivity (Wildman–Crippen MR) is 101 cm³/mol. The van der Waals surface area contributed by atoms with Crippen LogP contribution in [0.2, 0.25) is 0 Å². The first-order chi connectivity index (χ1) is 11.5. The van der Waals surface area contributed by atoms with Gasteiger partial charge in [0, 0.05) is 43.7 Å². The van der Waals surface area contributed by atoms with Crippen molar-refractivity contribution in [2.45, 2.75) is 6.92 Å². The summed E-state index contributed by atoms with van der Waals surface area (Å²) in [5.41, 5.74) is 3.12. The fourth-order valence-electron chi connectivity index (χ4n) is 2.52. The molecule has 0 saturated carbocycles. The third-order valence-electron chi connectivity index (χ3n) is 3.79. The highest BCUT2D eigenvalue weighted by Crippen LogP contribution is 2.25. The summed E-state index contributed by atoms with van der Waals surface area (Å²) in [6.45, 7) is 1.52. The first-order valence-electron chi connectivity index (χ1n) is 7.71. The summed E-state index contributed by atoms with van der Waals surface area (Å²) in [4.78, 5) is 13.3. The minimum absolute atomic E-state index is 0.0557. The number of fused-ring (bicyclic) bond motifs is 1. The quantitative estimate of drug-likeness (QED) is 0.735. The Morgan fingerprint density at radius 2 is 1.96 bits per heavy atom. The molecule has 0 unspecified atom stereocenters. The highest BCUT2D eigenvalue weighted by atomic mass is 32.1. The molecule has 2 aromatic carbocycles. The van der Waals surface area contributed by atoms with Gasteiger partial charge < -0.3 is 10.2 Å². The van der Waals surface area contributed by atoms with Crippen LogP contribution in [0.15, 0.2) is 54.7 Å². The standard InChI is InChI=1S/C19H19N3OS/c1-14(23)20-15-9-10-17-18(13-15)24-19(22(17)3)11-12-21(2)16-7-5-4-6-8-16/h4-13H,1-3H3/p+1. The molecule has 0 atom stereocenters. The lowest BCUT2D eigenvalue weighted by molar-refractivity contribution is -0.642. The van der Waals surface area contributed by atoms with Crippen LogP contribution < -0.4 is 14.8 Å². The molecule has 3 aromatic rings. The molecule has 0 aliphatic heterocycles. The zero-order valence-electron chi connectivity index (χ0n) is 14.0. The average molecular weight is 338 g/mol. The van der Waals surface area contributed by atoms with Gasteiger partial charge in [-0.3, -0.25) is 4.79 Å². The smallest absolute Gasteiger partial charge is 0.263 e. The van der Waals surface area contributed by atoms with E-state index in [2.05, 4.69) is 46.2 Å². The summed E-state index contributed by atoms with van der Waals surface area (Å²) in [5, 5.41) is 3.98. The molecule has 0 spiro atoms. The Morgan fingerprint density at radius 3 is 2.67 bits per heavy atom. The Hall–Kier alpha value is -2.66. The molecule has 3 rings (SSSR count). The van der Waals surface area contributed by atoms with Crippen molar-refractivity contribution < 1.29 is 9.36 Å². The van der Waals surface area contributed by atoms with E-state index >= 15 is 0 Å². The lowest BCUT2D eigenvalue weighted by Gasteiger charge is -2.12. The predicted octanol–water partition coefficient (Wildman–Crippen LogP) is 3.79. The van der Waals surface area contributed by atoms with Gasteiger partial charge >= 0.3 is 0 Å². The number of benzene rings is 2. The Kier molecular flexibility index (Phi) is 4.62. The molecule has 24 heavy (non-hydrogen) atoms. The molecular weight excluding hydrogens is 318 g/mol. The van der Waals surface area contributed by atoms with Gasteiger partial charge in [0.15, 0.2) is 0 Å². The summed E-state index contributed by atoms with van der Waals surface area (Å²) in [6.07, 6.45) is 4.17. The first kappa shape index (κ1) is 16.2. The van der Waals surface area contributed by atoms with E-state index in [1.165, 1.54) is 6.92 Å². The van der Waals surface area contributed by atoms with Gasteiger partial charge in [-0.05, 0) is 24.3 Å². The van der Waals surface area contributed by atoms with Gasteiger partial charge in [-0.15, -0.1) is 0 Å². The van der Waals surface area contributed by atoms with Crippen LogP contribution in [0.25, 0.3) is 16.3 Å². The van der Waals surface area contributed by atoms with Crippen LogP contribution in [0.1, 0.15) is 11.9 Å². The van der Waals surface area contributed by atoms with E-state index in [4.69, 9.17) is 0 Å². The normalized spacial score (nSPS) is 11.1. The minimum Gasteiger partial charge on any atom is -0.351 e. The number of carbonyl (C=O) groups is 1. The van der Waals surface area contributed by atoms with Crippen LogP contribution in [0.3, 0.4) is 0 Å². The molecule has 4 nitrogen and oxygen atoms in total. The van der Waals surface area contributed by atoms with Crippen LogP contribution in [-0.4, -0.2) is 13.0 Å². The molecule has 5 heteroatoms. The number of nitrogens with zero attached hydrogens (tertiary/aromatic N) is 2. The number of thiazole rings is 1. The Morgan fingerprint density at radius 1 is 1.21 bits per heavy atom. The number of rotatable bonds is 4. The van der Waals surface area contributed by atoms with Crippen molar-refractivity contribution in [2.24, 2.45) is 7.05 Å². The molecule has 0 radical (unpaired) electrons. The molecule has 0 aliphatic rings. The summed E-state index contributed by atoms with van der Waals surface area (Å²) >= 11 is 1.70. The fourth-order valence-corrected chi connectivity index (χ4v) is 3.61. The molecule has 0 saturated heterocycles. The van der Waals surface area contributed by atoms with Gasteiger partial charge in [0.05, 0.1) is 0 Å². The molecule has 1 aromatic heterocycles. The molecule has 0 fully saturated rings. The third-order valence-corrected chi connectivity index (χ3v) is 4.96. The van der Waals surface area contributed by atoms with E-state index in [1.807, 2.05) is 43.4 Å². The molecule has 0 bridgehead atoms. The number of anilines is 2. The second-order valence-corrected chi connectivity index (χ2v) is 6.69. The van der Waals surface area contributed by atoms with E-state index < -0.39 is 0 Å². The Bertz CT molecular complexity index is 900. The fraction of sp³-hybridized carbons (Fsp3) is 0.158. The average Bonchev–Trinajstić information content (AvgIpc) is 2.88. The lowest BCUT2D eigenvalue weighted by Crippen LogP contribution is -2.29. The van der Waals surface area contributed by atoms with Crippen molar-refractivity contribution >= 4 is 44.9 Å². The molecular formula is C19H20N3OS+. The maximum Gasteiger partial charge on any atom is 0.263 e. The summed E-state index contributed by atoms with van der Waals surface area (Å²) in [7, 11) is 4.09. The molecule has 122 valence electrons. The molecule has 1 N–H and O–H groups in total. The summed E-state index contributed by atoms with van der Waals surface area (Å²) in [6, 6.07) is 16.2. The van der Waals surface area contributed by atoms with Crippen LogP contribution in [0, 0.1) is 0 Å². The Labute approximate surface area is 145 Å². The van der Waals surface area contributed by atoms with Crippen molar-refractivity contribution in [3.8, 4) is 0 Å². The number of hydrogen-bond donors (Lipinski definition) is 1. The van der Waals surface area contributed by atoms with Crippen molar-refractivity contribution in [3.63, 3.8) is 0 Å². The topological polar surface area (TPSA) is 36.2 Å². The number of aromatic nitrogens is 1. The summed E-state index contributed by atoms with van der Waals surface area (Å²) in [5.74, 6) is -0.0557. The highest BCUT2D eigenvalue weighted by Gasteiger charge is 2.15. The largest absolute Gasteiger partial charge is 0.351 e. The van der Waals surface area contributed by atoms with E-state index in [-0.39, 0.29) is 5.91 Å². The summed E-state index contributed by atoms with van der Waals surface area (Å²) < 4.78 is 3.30. The SMILES string of the molecule is CC(=O)Nc1ccc2c(c1)sc(/C=C/N(C)c1ccccc1)[n+]2C. The van der Waals surface area contributed by atoms with E-state index in [0.29, 0.717) is 0 Å². The van der Waals surface area contributed by atoms with Crippen molar-refractivity contribution in [3.05, 3.63) is 59.7 Å². The molecule has 1 heterocycles. The van der Waals surface area contributed by atoms with Gasteiger partial charge in [-0.25, -0.2) is 0 Å². The number of hydrogen-bond acceptors (Lipinski definition) is 3.